The van der Waals surface area contributed by atoms with E-state index in [9.17, 15) is 18.0 Å². The maximum absolute atomic E-state index is 13.8. The molecule has 2 aliphatic rings. The van der Waals surface area contributed by atoms with Gasteiger partial charge < -0.3 is 19.5 Å². The van der Waals surface area contributed by atoms with Crippen molar-refractivity contribution in [3.05, 3.63) is 65.2 Å². The van der Waals surface area contributed by atoms with Crippen LogP contribution in [0.4, 0.5) is 24.7 Å². The lowest BCUT2D eigenvalue weighted by Crippen LogP contribution is -2.49. The minimum Gasteiger partial charge on any atom is -0.467 e. The molecule has 2 atom stereocenters. The average molecular weight is 473 g/mol. The number of nitrogens with one attached hydrogen (secondary N) is 1. The lowest BCUT2D eigenvalue weighted by Gasteiger charge is -2.36. The van der Waals surface area contributed by atoms with Crippen LogP contribution >= 0.6 is 0 Å². The Morgan fingerprint density at radius 2 is 1.88 bits per heavy atom. The third-order valence-corrected chi connectivity index (χ3v) is 6.78. The number of furan rings is 1. The highest BCUT2D eigenvalue weighted by Gasteiger charge is 2.47. The summed E-state index contributed by atoms with van der Waals surface area (Å²) in [5.41, 5.74) is 3.57. The van der Waals surface area contributed by atoms with E-state index in [4.69, 9.17) is 4.42 Å². The fourth-order valence-corrected chi connectivity index (χ4v) is 4.74. The van der Waals surface area contributed by atoms with E-state index < -0.39 is 18.3 Å². The summed E-state index contributed by atoms with van der Waals surface area (Å²) in [5, 5.41) is 7.14. The van der Waals surface area contributed by atoms with Gasteiger partial charge in [0.25, 0.3) is 5.91 Å². The highest BCUT2D eigenvalue weighted by atomic mass is 19.4. The Balaban J connectivity index is 1.34. The van der Waals surface area contributed by atoms with Crippen molar-refractivity contribution in [2.45, 2.75) is 38.5 Å². The predicted octanol–water partition coefficient (Wildman–Crippen LogP) is 4.72. The zero-order valence-corrected chi connectivity index (χ0v) is 19.0. The molecule has 10 heteroatoms. The van der Waals surface area contributed by atoms with Crippen molar-refractivity contribution in [3.8, 4) is 0 Å². The van der Waals surface area contributed by atoms with Crippen LogP contribution in [-0.2, 0) is 0 Å². The summed E-state index contributed by atoms with van der Waals surface area (Å²) in [4.78, 5) is 17.0. The number of carbonyl (C=O) groups excluding carboxylic acids is 1. The lowest BCUT2D eigenvalue weighted by atomic mass is 10.0. The molecular formula is C24H26F3N5O2. The van der Waals surface area contributed by atoms with Gasteiger partial charge in [0.15, 0.2) is 11.7 Å². The quantitative estimate of drug-likeness (QED) is 0.597. The molecule has 0 saturated carbocycles. The summed E-state index contributed by atoms with van der Waals surface area (Å²) in [6.45, 7) is 6.38. The van der Waals surface area contributed by atoms with E-state index in [2.05, 4.69) is 41.3 Å². The van der Waals surface area contributed by atoms with Crippen LogP contribution in [0.3, 0.4) is 0 Å². The second kappa shape index (κ2) is 8.41. The molecule has 1 saturated heterocycles. The monoisotopic (exact) mass is 473 g/mol. The van der Waals surface area contributed by atoms with Crippen molar-refractivity contribution >= 4 is 17.4 Å². The molecule has 1 N–H and O–H groups in total. The van der Waals surface area contributed by atoms with Crippen molar-refractivity contribution < 1.29 is 22.4 Å². The van der Waals surface area contributed by atoms with E-state index in [0.717, 1.165) is 10.4 Å². The fourth-order valence-electron chi connectivity index (χ4n) is 4.74. The molecule has 5 rings (SSSR count). The van der Waals surface area contributed by atoms with Crippen LogP contribution in [0.2, 0.25) is 0 Å². The lowest BCUT2D eigenvalue weighted by molar-refractivity contribution is -0.174. The van der Waals surface area contributed by atoms with Gasteiger partial charge in [0.1, 0.15) is 11.6 Å². The zero-order valence-electron chi connectivity index (χ0n) is 19.0. The Hall–Kier alpha value is -3.43. The first-order chi connectivity index (χ1) is 16.2. The number of benzene rings is 1. The van der Waals surface area contributed by atoms with Crippen LogP contribution in [0.1, 0.15) is 45.9 Å². The normalized spacial score (nSPS) is 20.7. The van der Waals surface area contributed by atoms with Gasteiger partial charge in [0.2, 0.25) is 0 Å². The van der Waals surface area contributed by atoms with Gasteiger partial charge in [0.05, 0.1) is 12.3 Å². The Kier molecular flexibility index (Phi) is 5.53. The number of aryl methyl sites for hydroxylation is 1. The summed E-state index contributed by atoms with van der Waals surface area (Å²) < 4.78 is 47.7. The number of halogens is 3. The van der Waals surface area contributed by atoms with Gasteiger partial charge in [-0.25, -0.2) is 4.68 Å². The Labute approximate surface area is 195 Å². The molecule has 2 aliphatic heterocycles. The number of anilines is 2. The van der Waals surface area contributed by atoms with Gasteiger partial charge in [-0.3, -0.25) is 4.79 Å². The molecule has 0 bridgehead atoms. The van der Waals surface area contributed by atoms with Crippen LogP contribution in [-0.4, -0.2) is 52.9 Å². The summed E-state index contributed by atoms with van der Waals surface area (Å²) in [6, 6.07) is 8.34. The second-order valence-corrected chi connectivity index (χ2v) is 8.86. The van der Waals surface area contributed by atoms with Crippen LogP contribution in [0.15, 0.2) is 47.1 Å². The molecule has 1 fully saturated rings. The van der Waals surface area contributed by atoms with Crippen molar-refractivity contribution in [2.24, 2.45) is 0 Å². The van der Waals surface area contributed by atoms with Gasteiger partial charge >= 0.3 is 6.18 Å². The fraction of sp³-hybridized carbons (Fsp3) is 0.417. The van der Waals surface area contributed by atoms with Crippen molar-refractivity contribution in [1.82, 2.24) is 14.7 Å². The molecule has 2 aromatic heterocycles. The first-order valence-corrected chi connectivity index (χ1v) is 11.3. The summed E-state index contributed by atoms with van der Waals surface area (Å²) >= 11 is 0. The van der Waals surface area contributed by atoms with Gasteiger partial charge in [0, 0.05) is 44.4 Å². The van der Waals surface area contributed by atoms with Crippen LogP contribution in [0.5, 0.6) is 0 Å². The van der Waals surface area contributed by atoms with E-state index in [1.165, 1.54) is 23.5 Å². The molecule has 34 heavy (non-hydrogen) atoms. The number of carbonyl (C=O) groups is 1. The molecule has 4 heterocycles. The van der Waals surface area contributed by atoms with Gasteiger partial charge in [-0.15, -0.1) is 0 Å². The molecular weight excluding hydrogens is 447 g/mol. The van der Waals surface area contributed by atoms with Crippen LogP contribution in [0.25, 0.3) is 0 Å². The molecule has 0 spiro atoms. The second-order valence-electron chi connectivity index (χ2n) is 8.86. The molecule has 3 aromatic rings. The average Bonchev–Trinajstić information content (AvgIpc) is 3.49. The number of rotatable bonds is 3. The molecule has 0 radical (unpaired) electrons. The first kappa shape index (κ1) is 22.4. The first-order valence-electron chi connectivity index (χ1n) is 11.3. The summed E-state index contributed by atoms with van der Waals surface area (Å²) in [5.74, 6) is 0.212. The van der Waals surface area contributed by atoms with Gasteiger partial charge in [-0.05, 0) is 43.2 Å². The minimum absolute atomic E-state index is 0.0111. The van der Waals surface area contributed by atoms with E-state index in [0.29, 0.717) is 31.9 Å². The SMILES string of the molecule is Cc1cccc(N2CCN(C(=O)c3cc4n(n3)[C@H](C(F)(F)F)C[C@@H](c3ccco3)N4)CC2)c1C. The molecule has 0 aliphatic carbocycles. The Bertz CT molecular complexity index is 1180. The predicted molar refractivity (Wildman–Crippen MR) is 121 cm³/mol. The van der Waals surface area contributed by atoms with E-state index >= 15 is 0 Å². The Morgan fingerprint density at radius 1 is 1.12 bits per heavy atom. The number of fused-ring (bicyclic) bond motifs is 1. The van der Waals surface area contributed by atoms with Gasteiger partial charge in [-0.2, -0.15) is 18.3 Å². The third-order valence-electron chi connectivity index (χ3n) is 6.78. The number of nitrogens with zero attached hydrogens (tertiary/aromatic N) is 4. The van der Waals surface area contributed by atoms with Crippen molar-refractivity contribution in [2.75, 3.05) is 36.4 Å². The number of alkyl halides is 3. The van der Waals surface area contributed by atoms with E-state index in [1.807, 2.05) is 6.07 Å². The maximum atomic E-state index is 13.8. The van der Waals surface area contributed by atoms with Crippen LogP contribution in [0, 0.1) is 13.8 Å². The number of amides is 1. The highest BCUT2D eigenvalue weighted by molar-refractivity contribution is 5.93. The van der Waals surface area contributed by atoms with Crippen molar-refractivity contribution in [1.29, 1.82) is 0 Å². The van der Waals surface area contributed by atoms with Gasteiger partial charge in [-0.1, -0.05) is 12.1 Å². The van der Waals surface area contributed by atoms with Crippen LogP contribution < -0.4 is 10.2 Å². The molecule has 180 valence electrons. The van der Waals surface area contributed by atoms with E-state index in [-0.39, 0.29) is 23.8 Å². The Morgan fingerprint density at radius 3 is 2.56 bits per heavy atom. The molecule has 1 aromatic carbocycles. The maximum Gasteiger partial charge on any atom is 0.410 e. The summed E-state index contributed by atoms with van der Waals surface area (Å²) in [6.07, 6.45) is -3.35. The number of hydrogen-bond acceptors (Lipinski definition) is 5. The molecule has 0 unspecified atom stereocenters. The smallest absolute Gasteiger partial charge is 0.410 e. The largest absolute Gasteiger partial charge is 0.467 e. The zero-order chi connectivity index (χ0) is 24.0. The number of hydrogen-bond donors (Lipinski definition) is 1. The standard InChI is InChI=1S/C24H26F3N5O2/c1-15-5-3-6-19(16(15)2)30-8-10-31(11-9-30)23(33)18-14-22-28-17(20-7-4-12-34-20)13-21(24(25,26)27)32(22)29-18/h3-7,12,14,17,21,28H,8-11,13H2,1-2H3/t17-,21-/m0/s1. The third kappa shape index (κ3) is 4.01. The minimum atomic E-state index is -4.51. The summed E-state index contributed by atoms with van der Waals surface area (Å²) in [7, 11) is 0. The highest BCUT2D eigenvalue weighted by Crippen LogP contribution is 2.43. The van der Waals surface area contributed by atoms with Crippen molar-refractivity contribution in [3.63, 3.8) is 0 Å². The van der Waals surface area contributed by atoms with E-state index in [1.54, 1.807) is 17.0 Å². The number of piperazine rings is 1. The molecule has 1 amide bonds. The topological polar surface area (TPSA) is 66.5 Å². The molecule has 7 nitrogen and oxygen atoms in total. The number of aromatic nitrogens is 2.